The van der Waals surface area contributed by atoms with E-state index in [0.29, 0.717) is 12.0 Å². The molecule has 2 aromatic rings. The monoisotopic (exact) mass is 337 g/mol. The lowest BCUT2D eigenvalue weighted by Gasteiger charge is -2.11. The van der Waals surface area contributed by atoms with Gasteiger partial charge in [0.15, 0.2) is 0 Å². The van der Waals surface area contributed by atoms with Gasteiger partial charge in [-0.2, -0.15) is 5.10 Å². The average Bonchev–Trinajstić information content (AvgIpc) is 2.65. The van der Waals surface area contributed by atoms with E-state index < -0.39 is 0 Å². The van der Waals surface area contributed by atoms with Gasteiger partial charge in [-0.05, 0) is 36.7 Å². The zero-order chi connectivity index (χ0) is 14.9. The van der Waals surface area contributed by atoms with Crippen LogP contribution in [-0.2, 0) is 6.54 Å². The maximum absolute atomic E-state index is 4.57. The molecule has 108 valence electrons. The standard InChI is InChI=1S/C14H20BrN5/c1-8(2)16-6-12-7-17-14(18-9(12)3)20-11(5)13(15)10(4)19-20/h7-8,16H,6H2,1-5H3. The summed E-state index contributed by atoms with van der Waals surface area (Å²) in [7, 11) is 0. The molecule has 20 heavy (non-hydrogen) atoms. The van der Waals surface area contributed by atoms with Crippen molar-refractivity contribution in [2.75, 3.05) is 0 Å². The molecule has 0 radical (unpaired) electrons. The van der Waals surface area contributed by atoms with E-state index in [1.807, 2.05) is 27.0 Å². The van der Waals surface area contributed by atoms with Crippen molar-refractivity contribution in [3.05, 3.63) is 33.3 Å². The summed E-state index contributed by atoms with van der Waals surface area (Å²) < 4.78 is 2.77. The van der Waals surface area contributed by atoms with Crippen molar-refractivity contribution < 1.29 is 0 Å². The third kappa shape index (κ3) is 3.07. The van der Waals surface area contributed by atoms with Crippen LogP contribution in [0.2, 0.25) is 0 Å². The molecule has 0 amide bonds. The van der Waals surface area contributed by atoms with Gasteiger partial charge in [-0.3, -0.25) is 0 Å². The van der Waals surface area contributed by atoms with Gasteiger partial charge in [0.2, 0.25) is 0 Å². The molecule has 0 saturated carbocycles. The largest absolute Gasteiger partial charge is 0.310 e. The molecule has 0 aliphatic carbocycles. The van der Waals surface area contributed by atoms with Crippen molar-refractivity contribution in [3.8, 4) is 5.95 Å². The molecule has 0 aliphatic heterocycles. The van der Waals surface area contributed by atoms with Gasteiger partial charge >= 0.3 is 0 Å². The molecule has 2 aromatic heterocycles. The van der Waals surface area contributed by atoms with Gasteiger partial charge in [0.25, 0.3) is 5.95 Å². The number of halogens is 1. The SMILES string of the molecule is Cc1nc(-n2nc(C)c(Br)c2C)ncc1CNC(C)C. The van der Waals surface area contributed by atoms with Gasteiger partial charge in [0.05, 0.1) is 15.9 Å². The van der Waals surface area contributed by atoms with Crippen LogP contribution in [0, 0.1) is 20.8 Å². The van der Waals surface area contributed by atoms with Crippen molar-refractivity contribution in [2.24, 2.45) is 0 Å². The summed E-state index contributed by atoms with van der Waals surface area (Å²) in [5, 5.41) is 7.83. The fourth-order valence-corrected chi connectivity index (χ4v) is 2.14. The van der Waals surface area contributed by atoms with Crippen LogP contribution in [0.3, 0.4) is 0 Å². The lowest BCUT2D eigenvalue weighted by atomic mass is 10.2. The Kier molecular flexibility index (Phi) is 4.55. The van der Waals surface area contributed by atoms with Crippen LogP contribution in [0.1, 0.15) is 36.5 Å². The predicted octanol–water partition coefficient (Wildman–Crippen LogP) is 2.85. The van der Waals surface area contributed by atoms with Crippen molar-refractivity contribution >= 4 is 15.9 Å². The molecular formula is C14H20BrN5. The van der Waals surface area contributed by atoms with E-state index in [4.69, 9.17) is 0 Å². The topological polar surface area (TPSA) is 55.6 Å². The average molecular weight is 338 g/mol. The molecule has 0 saturated heterocycles. The van der Waals surface area contributed by atoms with Crippen molar-refractivity contribution in [1.29, 1.82) is 0 Å². The van der Waals surface area contributed by atoms with Gasteiger partial charge in [-0.15, -0.1) is 0 Å². The fraction of sp³-hybridized carbons (Fsp3) is 0.500. The molecule has 0 atom stereocenters. The molecule has 0 aliphatic rings. The molecule has 0 spiro atoms. The Morgan fingerprint density at radius 3 is 2.45 bits per heavy atom. The lowest BCUT2D eigenvalue weighted by molar-refractivity contribution is 0.584. The van der Waals surface area contributed by atoms with E-state index in [0.717, 1.165) is 33.7 Å². The first kappa shape index (κ1) is 15.1. The van der Waals surface area contributed by atoms with Gasteiger partial charge < -0.3 is 5.32 Å². The van der Waals surface area contributed by atoms with E-state index in [-0.39, 0.29) is 0 Å². The zero-order valence-corrected chi connectivity index (χ0v) is 14.1. The van der Waals surface area contributed by atoms with E-state index in [1.54, 1.807) is 4.68 Å². The number of aromatic nitrogens is 4. The second kappa shape index (κ2) is 6.01. The number of nitrogens with one attached hydrogen (secondary N) is 1. The van der Waals surface area contributed by atoms with Gasteiger partial charge in [-0.25, -0.2) is 14.6 Å². The molecule has 5 nitrogen and oxygen atoms in total. The highest BCUT2D eigenvalue weighted by molar-refractivity contribution is 9.10. The van der Waals surface area contributed by atoms with E-state index in [9.17, 15) is 0 Å². The number of nitrogens with zero attached hydrogens (tertiary/aromatic N) is 4. The maximum Gasteiger partial charge on any atom is 0.251 e. The van der Waals surface area contributed by atoms with Crippen LogP contribution in [0.25, 0.3) is 5.95 Å². The van der Waals surface area contributed by atoms with E-state index in [1.165, 1.54) is 0 Å². The predicted molar refractivity (Wildman–Crippen MR) is 83.0 cm³/mol. The second-order valence-corrected chi connectivity index (χ2v) is 6.01. The highest BCUT2D eigenvalue weighted by Crippen LogP contribution is 2.21. The number of hydrogen-bond acceptors (Lipinski definition) is 4. The highest BCUT2D eigenvalue weighted by Gasteiger charge is 2.13. The molecule has 0 unspecified atom stereocenters. The van der Waals surface area contributed by atoms with Crippen molar-refractivity contribution in [3.63, 3.8) is 0 Å². The van der Waals surface area contributed by atoms with Gasteiger partial charge in [0.1, 0.15) is 0 Å². The Hall–Kier alpha value is -1.27. The number of aryl methyl sites for hydroxylation is 2. The van der Waals surface area contributed by atoms with Crippen LogP contribution in [0.5, 0.6) is 0 Å². The molecule has 2 rings (SSSR count). The summed E-state index contributed by atoms with van der Waals surface area (Å²) in [6.45, 7) is 11.0. The smallest absolute Gasteiger partial charge is 0.251 e. The third-order valence-corrected chi connectivity index (χ3v) is 4.31. The molecule has 1 N–H and O–H groups in total. The van der Waals surface area contributed by atoms with E-state index in [2.05, 4.69) is 50.2 Å². The van der Waals surface area contributed by atoms with Crippen LogP contribution < -0.4 is 5.32 Å². The fourth-order valence-electron chi connectivity index (χ4n) is 1.89. The van der Waals surface area contributed by atoms with Crippen molar-refractivity contribution in [1.82, 2.24) is 25.1 Å². The first-order valence-corrected chi connectivity index (χ1v) is 7.47. The van der Waals surface area contributed by atoms with Crippen LogP contribution in [0.4, 0.5) is 0 Å². The first-order valence-electron chi connectivity index (χ1n) is 6.68. The molecular weight excluding hydrogens is 318 g/mol. The number of rotatable bonds is 4. The van der Waals surface area contributed by atoms with Gasteiger partial charge in [-0.1, -0.05) is 13.8 Å². The number of hydrogen-bond donors (Lipinski definition) is 1. The Morgan fingerprint density at radius 2 is 1.95 bits per heavy atom. The second-order valence-electron chi connectivity index (χ2n) is 5.21. The minimum atomic E-state index is 0.445. The van der Waals surface area contributed by atoms with Crippen LogP contribution >= 0.6 is 15.9 Å². The third-order valence-electron chi connectivity index (χ3n) is 3.16. The van der Waals surface area contributed by atoms with Crippen LogP contribution in [0.15, 0.2) is 10.7 Å². The van der Waals surface area contributed by atoms with Gasteiger partial charge in [0, 0.05) is 30.0 Å². The summed E-state index contributed by atoms with van der Waals surface area (Å²) in [5.74, 6) is 0.613. The summed E-state index contributed by atoms with van der Waals surface area (Å²) in [4.78, 5) is 9.00. The summed E-state index contributed by atoms with van der Waals surface area (Å²) in [5.41, 5.74) is 4.04. The quantitative estimate of drug-likeness (QED) is 0.931. The van der Waals surface area contributed by atoms with Crippen molar-refractivity contribution in [2.45, 2.75) is 47.2 Å². The zero-order valence-electron chi connectivity index (χ0n) is 12.5. The lowest BCUT2D eigenvalue weighted by Crippen LogP contribution is -2.23. The Labute approximate surface area is 128 Å². The normalized spacial score (nSPS) is 11.3. The summed E-state index contributed by atoms with van der Waals surface area (Å²) in [6, 6.07) is 0.445. The molecule has 0 aromatic carbocycles. The molecule has 0 fully saturated rings. The molecule has 2 heterocycles. The Morgan fingerprint density at radius 1 is 1.25 bits per heavy atom. The maximum atomic E-state index is 4.57. The summed E-state index contributed by atoms with van der Waals surface area (Å²) in [6.07, 6.45) is 1.87. The first-order chi connectivity index (χ1) is 9.40. The molecule has 0 bridgehead atoms. The Bertz CT molecular complexity index is 618. The minimum Gasteiger partial charge on any atom is -0.310 e. The summed E-state index contributed by atoms with van der Waals surface area (Å²) >= 11 is 3.52. The minimum absolute atomic E-state index is 0.445. The van der Waals surface area contributed by atoms with E-state index >= 15 is 0 Å². The Balaban J connectivity index is 2.31. The molecule has 6 heteroatoms. The highest BCUT2D eigenvalue weighted by atomic mass is 79.9. The van der Waals surface area contributed by atoms with Crippen LogP contribution in [-0.4, -0.2) is 25.8 Å².